The van der Waals surface area contributed by atoms with Gasteiger partial charge >= 0.3 is 10.2 Å². The SMILES string of the molecule is O=S(=O)(F)c1nn(C2CCCCO2)c2ccc(Br)cc12. The molecule has 0 N–H and O–H groups in total. The second-order valence-corrected chi connectivity index (χ2v) is 6.85. The largest absolute Gasteiger partial charge is 0.356 e. The zero-order valence-corrected chi connectivity index (χ0v) is 12.8. The lowest BCUT2D eigenvalue weighted by Crippen LogP contribution is -2.19. The molecule has 108 valence electrons. The lowest BCUT2D eigenvalue weighted by molar-refractivity contribution is -0.0373. The van der Waals surface area contributed by atoms with Crippen LogP contribution in [0.4, 0.5) is 3.89 Å². The Hall–Kier alpha value is -0.990. The van der Waals surface area contributed by atoms with Gasteiger partial charge in [-0.2, -0.15) is 13.5 Å². The molecule has 1 atom stereocenters. The molecule has 1 aliphatic rings. The van der Waals surface area contributed by atoms with E-state index in [0.29, 0.717) is 16.6 Å². The van der Waals surface area contributed by atoms with Gasteiger partial charge < -0.3 is 4.74 Å². The van der Waals surface area contributed by atoms with E-state index in [1.54, 1.807) is 18.2 Å². The smallest absolute Gasteiger partial charge is 0.352 e. The molecule has 1 aromatic carbocycles. The highest BCUT2D eigenvalue weighted by Crippen LogP contribution is 2.32. The zero-order valence-electron chi connectivity index (χ0n) is 10.4. The maximum absolute atomic E-state index is 13.4. The molecule has 1 fully saturated rings. The summed E-state index contributed by atoms with van der Waals surface area (Å²) in [6.07, 6.45) is 2.33. The van der Waals surface area contributed by atoms with E-state index in [1.807, 2.05) is 0 Å². The molecule has 8 heteroatoms. The van der Waals surface area contributed by atoms with Crippen molar-refractivity contribution in [3.8, 4) is 0 Å². The minimum atomic E-state index is -4.87. The van der Waals surface area contributed by atoms with Gasteiger partial charge in [-0.05, 0) is 37.5 Å². The summed E-state index contributed by atoms with van der Waals surface area (Å²) >= 11 is 3.25. The van der Waals surface area contributed by atoms with Crippen molar-refractivity contribution >= 4 is 37.1 Å². The Morgan fingerprint density at radius 1 is 1.40 bits per heavy atom. The highest BCUT2D eigenvalue weighted by atomic mass is 79.9. The van der Waals surface area contributed by atoms with Crippen LogP contribution in [0.3, 0.4) is 0 Å². The summed E-state index contributed by atoms with van der Waals surface area (Å²) in [6, 6.07) is 5.02. The van der Waals surface area contributed by atoms with E-state index in [0.717, 1.165) is 19.3 Å². The van der Waals surface area contributed by atoms with Crippen molar-refractivity contribution in [3.05, 3.63) is 22.7 Å². The maximum Gasteiger partial charge on any atom is 0.352 e. The molecule has 0 saturated carbocycles. The van der Waals surface area contributed by atoms with Gasteiger partial charge in [-0.1, -0.05) is 19.8 Å². The second kappa shape index (κ2) is 5.09. The normalized spacial score (nSPS) is 20.4. The van der Waals surface area contributed by atoms with Crippen LogP contribution >= 0.6 is 15.9 Å². The van der Waals surface area contributed by atoms with Gasteiger partial charge in [0.2, 0.25) is 5.03 Å². The van der Waals surface area contributed by atoms with E-state index >= 15 is 0 Å². The molecule has 5 nitrogen and oxygen atoms in total. The van der Waals surface area contributed by atoms with Crippen molar-refractivity contribution in [3.63, 3.8) is 0 Å². The molecule has 0 aliphatic carbocycles. The molecule has 2 aromatic rings. The fraction of sp³-hybridized carbons (Fsp3) is 0.417. The summed E-state index contributed by atoms with van der Waals surface area (Å²) < 4.78 is 43.6. The Morgan fingerprint density at radius 2 is 2.20 bits per heavy atom. The molecular weight excluding hydrogens is 351 g/mol. The van der Waals surface area contributed by atoms with Gasteiger partial charge in [0.05, 0.1) is 5.52 Å². The average Bonchev–Trinajstić information content (AvgIpc) is 2.78. The van der Waals surface area contributed by atoms with Crippen LogP contribution in [-0.4, -0.2) is 24.8 Å². The van der Waals surface area contributed by atoms with Gasteiger partial charge in [0.1, 0.15) is 0 Å². The van der Waals surface area contributed by atoms with Crippen LogP contribution in [0, 0.1) is 0 Å². The van der Waals surface area contributed by atoms with Gasteiger partial charge in [-0.15, -0.1) is 0 Å². The molecule has 1 aliphatic heterocycles. The van der Waals surface area contributed by atoms with E-state index in [1.165, 1.54) is 4.68 Å². The number of hydrogen-bond donors (Lipinski definition) is 0. The summed E-state index contributed by atoms with van der Waals surface area (Å²) in [7, 11) is -4.87. The lowest BCUT2D eigenvalue weighted by atomic mass is 10.2. The summed E-state index contributed by atoms with van der Waals surface area (Å²) in [5, 5.41) is 3.64. The number of benzene rings is 1. The van der Waals surface area contributed by atoms with Crippen molar-refractivity contribution in [1.82, 2.24) is 9.78 Å². The third kappa shape index (κ3) is 2.47. The van der Waals surface area contributed by atoms with E-state index in [-0.39, 0.29) is 11.6 Å². The highest BCUT2D eigenvalue weighted by Gasteiger charge is 2.26. The Morgan fingerprint density at radius 3 is 2.85 bits per heavy atom. The van der Waals surface area contributed by atoms with E-state index in [4.69, 9.17) is 4.74 Å². The minimum absolute atomic E-state index is 0.260. The Labute approximate surface area is 124 Å². The van der Waals surface area contributed by atoms with Crippen molar-refractivity contribution in [2.24, 2.45) is 0 Å². The average molecular weight is 363 g/mol. The molecule has 0 radical (unpaired) electrons. The van der Waals surface area contributed by atoms with Gasteiger partial charge in [0.15, 0.2) is 6.23 Å². The maximum atomic E-state index is 13.4. The molecule has 1 aromatic heterocycles. The fourth-order valence-corrected chi connectivity index (χ4v) is 3.37. The summed E-state index contributed by atoms with van der Waals surface area (Å²) in [6.45, 7) is 0.597. The monoisotopic (exact) mass is 362 g/mol. The second-order valence-electron chi connectivity index (χ2n) is 4.67. The van der Waals surface area contributed by atoms with E-state index < -0.39 is 15.2 Å². The summed E-state index contributed by atoms with van der Waals surface area (Å²) in [4.78, 5) is 0. The number of hydrogen-bond acceptors (Lipinski definition) is 4. The van der Waals surface area contributed by atoms with Gasteiger partial charge in [0, 0.05) is 16.5 Å². The van der Waals surface area contributed by atoms with Gasteiger partial charge in [0.25, 0.3) is 0 Å². The van der Waals surface area contributed by atoms with Crippen LogP contribution < -0.4 is 0 Å². The van der Waals surface area contributed by atoms with Crippen LogP contribution in [-0.2, 0) is 15.0 Å². The molecular formula is C12H12BrFN2O3S. The number of nitrogens with zero attached hydrogens (tertiary/aromatic N) is 2. The first-order chi connectivity index (χ1) is 9.47. The van der Waals surface area contributed by atoms with Crippen LogP contribution in [0.2, 0.25) is 0 Å². The fourth-order valence-electron chi connectivity index (χ4n) is 2.40. The Bertz CT molecular complexity index is 753. The van der Waals surface area contributed by atoms with Crippen LogP contribution in [0.1, 0.15) is 25.5 Å². The summed E-state index contributed by atoms with van der Waals surface area (Å²) in [5.41, 5.74) is 0.552. The van der Waals surface area contributed by atoms with Crippen LogP contribution in [0.5, 0.6) is 0 Å². The lowest BCUT2D eigenvalue weighted by Gasteiger charge is -2.23. The van der Waals surface area contributed by atoms with Crippen LogP contribution in [0.25, 0.3) is 10.9 Å². The highest BCUT2D eigenvalue weighted by molar-refractivity contribution is 9.10. The van der Waals surface area contributed by atoms with Crippen molar-refractivity contribution in [1.29, 1.82) is 0 Å². The zero-order chi connectivity index (χ0) is 14.3. The molecule has 1 unspecified atom stereocenters. The van der Waals surface area contributed by atoms with Gasteiger partial charge in [-0.3, -0.25) is 0 Å². The van der Waals surface area contributed by atoms with Crippen molar-refractivity contribution in [2.75, 3.05) is 6.61 Å². The molecule has 3 rings (SSSR count). The minimum Gasteiger partial charge on any atom is -0.356 e. The van der Waals surface area contributed by atoms with E-state index in [2.05, 4.69) is 21.0 Å². The first-order valence-corrected chi connectivity index (χ1v) is 8.38. The van der Waals surface area contributed by atoms with Crippen LogP contribution in [0.15, 0.2) is 27.7 Å². The Balaban J connectivity index is 2.22. The third-order valence-electron chi connectivity index (χ3n) is 3.29. The standard InChI is InChI=1S/C12H12BrFN2O3S/c13-8-4-5-10-9(7-8)12(20(14,17)18)15-16(10)11-3-1-2-6-19-11/h4-5,7,11H,1-3,6H2. The molecule has 1 saturated heterocycles. The van der Waals surface area contributed by atoms with Crippen molar-refractivity contribution in [2.45, 2.75) is 30.5 Å². The number of halogens is 2. The first-order valence-electron chi connectivity index (χ1n) is 6.21. The number of rotatable bonds is 2. The summed E-state index contributed by atoms with van der Waals surface area (Å²) in [5.74, 6) is 0. The first kappa shape index (κ1) is 14.0. The number of ether oxygens (including phenoxy) is 1. The molecule has 2 heterocycles. The number of fused-ring (bicyclic) bond motifs is 1. The molecule has 20 heavy (non-hydrogen) atoms. The van der Waals surface area contributed by atoms with Gasteiger partial charge in [-0.25, -0.2) is 4.68 Å². The molecule has 0 bridgehead atoms. The predicted octanol–water partition coefficient (Wildman–Crippen LogP) is 3.16. The molecule has 0 amide bonds. The third-order valence-corrected chi connectivity index (χ3v) is 4.55. The topological polar surface area (TPSA) is 61.2 Å². The van der Waals surface area contributed by atoms with E-state index in [9.17, 15) is 12.3 Å². The molecule has 0 spiro atoms. The predicted molar refractivity (Wildman–Crippen MR) is 74.6 cm³/mol. The van der Waals surface area contributed by atoms with Crippen molar-refractivity contribution < 1.29 is 17.0 Å². The Kier molecular flexibility index (Phi) is 3.55. The number of aromatic nitrogens is 2. The quantitative estimate of drug-likeness (QED) is 0.769.